The van der Waals surface area contributed by atoms with E-state index in [9.17, 15) is 4.79 Å². The van der Waals surface area contributed by atoms with Crippen LogP contribution in [0.1, 0.15) is 18.4 Å². The summed E-state index contributed by atoms with van der Waals surface area (Å²) >= 11 is 0. The zero-order chi connectivity index (χ0) is 16.5. The lowest BCUT2D eigenvalue weighted by atomic mass is 10.1. The highest BCUT2D eigenvalue weighted by Crippen LogP contribution is 2.22. The van der Waals surface area contributed by atoms with Crippen LogP contribution in [-0.2, 0) is 16.0 Å². The Bertz CT molecular complexity index is 502. The molecule has 0 radical (unpaired) electrons. The van der Waals surface area contributed by atoms with Crippen molar-refractivity contribution in [1.82, 2.24) is 10.2 Å². The fourth-order valence-electron chi connectivity index (χ4n) is 2.64. The monoisotopic (exact) mass is 321 g/mol. The van der Waals surface area contributed by atoms with Crippen molar-refractivity contribution < 1.29 is 14.3 Å². The molecule has 0 aromatic heterocycles. The molecular formula is C17H27N3O3. The van der Waals surface area contributed by atoms with Gasteiger partial charge in [-0.15, -0.1) is 0 Å². The SMILES string of the molecule is COc1ccc(CCC(=O)NCCCN2CCOCC2)cc1N. The summed E-state index contributed by atoms with van der Waals surface area (Å²) in [5, 5.41) is 2.98. The number of nitrogens with one attached hydrogen (secondary N) is 1. The normalized spacial score (nSPS) is 15.3. The zero-order valence-corrected chi connectivity index (χ0v) is 13.8. The van der Waals surface area contributed by atoms with Gasteiger partial charge in [0.05, 0.1) is 26.0 Å². The molecule has 0 saturated carbocycles. The van der Waals surface area contributed by atoms with Gasteiger partial charge in [-0.2, -0.15) is 0 Å². The Kier molecular flexibility index (Phi) is 7.16. The molecule has 6 nitrogen and oxygen atoms in total. The van der Waals surface area contributed by atoms with E-state index < -0.39 is 0 Å². The van der Waals surface area contributed by atoms with Crippen molar-refractivity contribution in [3.8, 4) is 5.75 Å². The summed E-state index contributed by atoms with van der Waals surface area (Å²) in [5.74, 6) is 0.752. The van der Waals surface area contributed by atoms with E-state index in [1.54, 1.807) is 7.11 Å². The third-order valence-corrected chi connectivity index (χ3v) is 4.01. The first kappa shape index (κ1) is 17.6. The number of amides is 1. The highest BCUT2D eigenvalue weighted by molar-refractivity contribution is 5.76. The van der Waals surface area contributed by atoms with Gasteiger partial charge < -0.3 is 20.5 Å². The number of carbonyl (C=O) groups is 1. The van der Waals surface area contributed by atoms with Crippen LogP contribution in [0.25, 0.3) is 0 Å². The Morgan fingerprint density at radius 2 is 2.17 bits per heavy atom. The Labute approximate surface area is 137 Å². The molecule has 0 unspecified atom stereocenters. The van der Waals surface area contributed by atoms with Crippen molar-refractivity contribution in [2.45, 2.75) is 19.3 Å². The van der Waals surface area contributed by atoms with Crippen molar-refractivity contribution in [2.24, 2.45) is 0 Å². The summed E-state index contributed by atoms with van der Waals surface area (Å²) in [7, 11) is 1.59. The van der Waals surface area contributed by atoms with E-state index in [0.29, 0.717) is 24.3 Å². The van der Waals surface area contributed by atoms with E-state index in [1.165, 1.54) is 0 Å². The average Bonchev–Trinajstić information content (AvgIpc) is 2.58. The standard InChI is InChI=1S/C17H27N3O3/c1-22-16-5-3-14(13-15(16)18)4-6-17(21)19-7-2-8-20-9-11-23-12-10-20/h3,5,13H,2,4,6-12,18H2,1H3,(H,19,21). The van der Waals surface area contributed by atoms with E-state index in [4.69, 9.17) is 15.2 Å². The van der Waals surface area contributed by atoms with Crippen molar-refractivity contribution in [1.29, 1.82) is 0 Å². The molecule has 0 spiro atoms. The lowest BCUT2D eigenvalue weighted by molar-refractivity contribution is -0.121. The number of hydrogen-bond donors (Lipinski definition) is 2. The highest BCUT2D eigenvalue weighted by atomic mass is 16.5. The van der Waals surface area contributed by atoms with Crippen LogP contribution in [0, 0.1) is 0 Å². The van der Waals surface area contributed by atoms with Crippen molar-refractivity contribution >= 4 is 11.6 Å². The molecule has 0 atom stereocenters. The van der Waals surface area contributed by atoms with Gasteiger partial charge in [-0.25, -0.2) is 0 Å². The first-order chi connectivity index (χ1) is 11.2. The number of benzene rings is 1. The fraction of sp³-hybridized carbons (Fsp3) is 0.588. The van der Waals surface area contributed by atoms with Crippen LogP contribution in [-0.4, -0.2) is 57.3 Å². The molecule has 2 rings (SSSR count). The van der Waals surface area contributed by atoms with E-state index in [1.807, 2.05) is 18.2 Å². The molecule has 1 fully saturated rings. The van der Waals surface area contributed by atoms with E-state index in [-0.39, 0.29) is 5.91 Å². The molecule has 1 aromatic rings. The minimum atomic E-state index is 0.0846. The molecule has 23 heavy (non-hydrogen) atoms. The summed E-state index contributed by atoms with van der Waals surface area (Å²) in [4.78, 5) is 14.2. The molecular weight excluding hydrogens is 294 g/mol. The average molecular weight is 321 g/mol. The number of rotatable bonds is 8. The number of ether oxygens (including phenoxy) is 2. The van der Waals surface area contributed by atoms with Crippen LogP contribution in [0.4, 0.5) is 5.69 Å². The Morgan fingerprint density at radius 1 is 1.39 bits per heavy atom. The molecule has 1 saturated heterocycles. The van der Waals surface area contributed by atoms with Gasteiger partial charge in [0.25, 0.3) is 0 Å². The predicted molar refractivity (Wildman–Crippen MR) is 90.6 cm³/mol. The van der Waals surface area contributed by atoms with Gasteiger partial charge in [0.15, 0.2) is 0 Å². The van der Waals surface area contributed by atoms with Crippen LogP contribution in [0.5, 0.6) is 5.75 Å². The third kappa shape index (κ3) is 6.08. The predicted octanol–water partition coefficient (Wildman–Crippen LogP) is 1.05. The molecule has 1 aliphatic heterocycles. The fourth-order valence-corrected chi connectivity index (χ4v) is 2.64. The smallest absolute Gasteiger partial charge is 0.220 e. The van der Waals surface area contributed by atoms with Crippen molar-refractivity contribution in [3.63, 3.8) is 0 Å². The summed E-state index contributed by atoms with van der Waals surface area (Å²) in [6, 6.07) is 5.65. The number of hydrogen-bond acceptors (Lipinski definition) is 5. The second kappa shape index (κ2) is 9.37. The molecule has 1 aliphatic rings. The minimum absolute atomic E-state index is 0.0846. The first-order valence-corrected chi connectivity index (χ1v) is 8.18. The summed E-state index contributed by atoms with van der Waals surface area (Å²) < 4.78 is 10.4. The van der Waals surface area contributed by atoms with Gasteiger partial charge in [0, 0.05) is 26.1 Å². The zero-order valence-electron chi connectivity index (χ0n) is 13.8. The molecule has 3 N–H and O–H groups in total. The van der Waals surface area contributed by atoms with Gasteiger partial charge in [-0.3, -0.25) is 9.69 Å². The van der Waals surface area contributed by atoms with Gasteiger partial charge in [-0.05, 0) is 37.1 Å². The number of methoxy groups -OCH3 is 1. The number of anilines is 1. The van der Waals surface area contributed by atoms with E-state index >= 15 is 0 Å². The Hall–Kier alpha value is -1.79. The lowest BCUT2D eigenvalue weighted by Gasteiger charge is -2.26. The maximum atomic E-state index is 11.9. The van der Waals surface area contributed by atoms with Crippen LogP contribution < -0.4 is 15.8 Å². The topological polar surface area (TPSA) is 76.8 Å². The number of nitrogens with two attached hydrogens (primary N) is 1. The van der Waals surface area contributed by atoms with Gasteiger partial charge >= 0.3 is 0 Å². The molecule has 0 aliphatic carbocycles. The Morgan fingerprint density at radius 3 is 2.87 bits per heavy atom. The minimum Gasteiger partial charge on any atom is -0.495 e. The van der Waals surface area contributed by atoms with Crippen LogP contribution in [0.3, 0.4) is 0 Å². The molecule has 0 bridgehead atoms. The molecule has 128 valence electrons. The molecule has 1 aromatic carbocycles. The first-order valence-electron chi connectivity index (χ1n) is 8.18. The second-order valence-electron chi connectivity index (χ2n) is 5.73. The Balaban J connectivity index is 1.60. The summed E-state index contributed by atoms with van der Waals surface area (Å²) in [6.07, 6.45) is 2.13. The highest BCUT2D eigenvalue weighted by Gasteiger charge is 2.09. The van der Waals surface area contributed by atoms with Crippen LogP contribution in [0.2, 0.25) is 0 Å². The second-order valence-corrected chi connectivity index (χ2v) is 5.73. The van der Waals surface area contributed by atoms with Gasteiger partial charge in [0.1, 0.15) is 5.75 Å². The largest absolute Gasteiger partial charge is 0.495 e. The number of nitrogen functional groups attached to an aromatic ring is 1. The maximum absolute atomic E-state index is 11.9. The summed E-state index contributed by atoms with van der Waals surface area (Å²) in [5.41, 5.74) is 7.52. The van der Waals surface area contributed by atoms with Gasteiger partial charge in [-0.1, -0.05) is 6.07 Å². The quantitative estimate of drug-likeness (QED) is 0.553. The number of nitrogens with zero attached hydrogens (tertiary/aromatic N) is 1. The van der Waals surface area contributed by atoms with Crippen LogP contribution in [0.15, 0.2) is 18.2 Å². The van der Waals surface area contributed by atoms with E-state index in [0.717, 1.165) is 51.4 Å². The lowest BCUT2D eigenvalue weighted by Crippen LogP contribution is -2.38. The number of carbonyl (C=O) groups excluding carboxylic acids is 1. The number of aryl methyl sites for hydroxylation is 1. The van der Waals surface area contributed by atoms with Crippen LogP contribution >= 0.6 is 0 Å². The van der Waals surface area contributed by atoms with Gasteiger partial charge in [0.2, 0.25) is 5.91 Å². The third-order valence-electron chi connectivity index (χ3n) is 4.01. The molecule has 1 heterocycles. The van der Waals surface area contributed by atoms with Crippen molar-refractivity contribution in [2.75, 3.05) is 52.2 Å². The molecule has 1 amide bonds. The number of morpholine rings is 1. The molecule has 6 heteroatoms. The van der Waals surface area contributed by atoms with E-state index in [2.05, 4.69) is 10.2 Å². The maximum Gasteiger partial charge on any atom is 0.220 e. The summed E-state index contributed by atoms with van der Waals surface area (Å²) in [6.45, 7) is 5.36. The van der Waals surface area contributed by atoms with Crippen molar-refractivity contribution in [3.05, 3.63) is 23.8 Å².